The molecule has 2 heterocycles. The van der Waals surface area contributed by atoms with Crippen LogP contribution < -0.4 is 5.32 Å². The fourth-order valence-electron chi connectivity index (χ4n) is 2.22. The molecule has 1 amide bonds. The summed E-state index contributed by atoms with van der Waals surface area (Å²) in [5, 5.41) is 18.6. The predicted molar refractivity (Wildman–Crippen MR) is 70.3 cm³/mol. The number of aliphatic carboxylic acids is 1. The van der Waals surface area contributed by atoms with E-state index in [-0.39, 0.29) is 18.1 Å². The average molecular weight is 281 g/mol. The van der Waals surface area contributed by atoms with Crippen LogP contribution in [0.1, 0.15) is 29.8 Å². The minimum atomic E-state index is -1.02. The lowest BCUT2D eigenvalue weighted by Gasteiger charge is -2.26. The quantitative estimate of drug-likeness (QED) is 0.734. The fraction of sp³-hybridized carbons (Fsp3) is 0.667. The highest BCUT2D eigenvalue weighted by atomic mass is 16.4. The number of rotatable bonds is 6. The van der Waals surface area contributed by atoms with Crippen molar-refractivity contribution >= 4 is 11.9 Å². The number of amides is 1. The van der Waals surface area contributed by atoms with Crippen LogP contribution in [0, 0.1) is 0 Å². The molecule has 0 saturated carbocycles. The molecule has 0 atom stereocenters. The maximum absolute atomic E-state index is 11.8. The zero-order chi connectivity index (χ0) is 14.4. The minimum Gasteiger partial charge on any atom is -0.480 e. The van der Waals surface area contributed by atoms with Crippen LogP contribution >= 0.6 is 0 Å². The number of likely N-dealkylation sites (tertiary alicyclic amines) is 1. The van der Waals surface area contributed by atoms with Crippen molar-refractivity contribution in [3.05, 3.63) is 11.9 Å². The first-order valence-electron chi connectivity index (χ1n) is 6.77. The zero-order valence-electron chi connectivity index (χ0n) is 11.3. The van der Waals surface area contributed by atoms with Crippen LogP contribution in [0.5, 0.6) is 0 Å². The summed E-state index contributed by atoms with van der Waals surface area (Å²) in [6.45, 7) is 3.27. The number of aromatic nitrogens is 3. The molecule has 1 fully saturated rings. The van der Waals surface area contributed by atoms with Gasteiger partial charge in [-0.2, -0.15) is 0 Å². The molecule has 1 aliphatic heterocycles. The van der Waals surface area contributed by atoms with E-state index in [1.54, 1.807) is 0 Å². The fourth-order valence-corrected chi connectivity index (χ4v) is 2.22. The number of carbonyl (C=O) groups excluding carboxylic acids is 1. The Morgan fingerprint density at radius 2 is 2.05 bits per heavy atom. The molecular formula is C12H19N5O3. The molecule has 1 aliphatic rings. The van der Waals surface area contributed by atoms with Crippen LogP contribution in [-0.4, -0.2) is 63.1 Å². The summed E-state index contributed by atoms with van der Waals surface area (Å²) >= 11 is 0. The van der Waals surface area contributed by atoms with Crippen LogP contribution in [0.2, 0.25) is 0 Å². The maximum atomic E-state index is 11.8. The molecule has 8 heteroatoms. The summed E-state index contributed by atoms with van der Waals surface area (Å²) < 4.78 is 1.13. The van der Waals surface area contributed by atoms with Gasteiger partial charge in [-0.25, -0.2) is 4.68 Å². The standard InChI is InChI=1S/C12H19N5O3/c18-11(19)9-17-8-10(14-15-17)12(20)13-4-7-16-5-2-1-3-6-16/h8H,1-7,9H2,(H,13,20)(H,18,19). The topological polar surface area (TPSA) is 100 Å². The van der Waals surface area contributed by atoms with E-state index in [0.29, 0.717) is 6.54 Å². The molecule has 0 bridgehead atoms. The summed E-state index contributed by atoms with van der Waals surface area (Å²) in [5.41, 5.74) is 0.143. The van der Waals surface area contributed by atoms with Gasteiger partial charge in [0, 0.05) is 13.1 Å². The van der Waals surface area contributed by atoms with Gasteiger partial charge in [0.25, 0.3) is 5.91 Å². The SMILES string of the molecule is O=C(O)Cn1cc(C(=O)NCCN2CCCCC2)nn1. The minimum absolute atomic E-state index is 0.143. The molecule has 8 nitrogen and oxygen atoms in total. The van der Waals surface area contributed by atoms with Crippen molar-refractivity contribution in [2.45, 2.75) is 25.8 Å². The van der Waals surface area contributed by atoms with E-state index in [9.17, 15) is 9.59 Å². The van der Waals surface area contributed by atoms with Crippen molar-refractivity contribution in [3.63, 3.8) is 0 Å². The second-order valence-electron chi connectivity index (χ2n) is 4.85. The van der Waals surface area contributed by atoms with Crippen molar-refractivity contribution in [2.75, 3.05) is 26.2 Å². The molecule has 2 rings (SSSR count). The van der Waals surface area contributed by atoms with E-state index < -0.39 is 5.97 Å². The van der Waals surface area contributed by atoms with Gasteiger partial charge in [-0.3, -0.25) is 9.59 Å². The molecule has 1 aromatic rings. The summed E-state index contributed by atoms with van der Waals surface area (Å²) in [4.78, 5) is 24.6. The largest absolute Gasteiger partial charge is 0.480 e. The molecule has 110 valence electrons. The Morgan fingerprint density at radius 1 is 1.30 bits per heavy atom. The highest BCUT2D eigenvalue weighted by molar-refractivity contribution is 5.91. The number of hydrogen-bond acceptors (Lipinski definition) is 5. The summed E-state index contributed by atoms with van der Waals surface area (Å²) in [6.07, 6.45) is 5.06. The van der Waals surface area contributed by atoms with Gasteiger partial charge in [0.1, 0.15) is 6.54 Å². The summed E-state index contributed by atoms with van der Waals surface area (Å²) in [6, 6.07) is 0. The first kappa shape index (κ1) is 14.4. The van der Waals surface area contributed by atoms with E-state index >= 15 is 0 Å². The Kier molecular flexibility index (Phi) is 5.05. The number of carbonyl (C=O) groups is 2. The number of piperidine rings is 1. The number of carboxylic acid groups (broad SMARTS) is 1. The molecule has 0 radical (unpaired) electrons. The maximum Gasteiger partial charge on any atom is 0.325 e. The highest BCUT2D eigenvalue weighted by Crippen LogP contribution is 2.07. The molecule has 0 aliphatic carbocycles. The first-order chi connectivity index (χ1) is 9.65. The van der Waals surface area contributed by atoms with Gasteiger partial charge in [-0.15, -0.1) is 5.10 Å². The van der Waals surface area contributed by atoms with Gasteiger partial charge in [0.05, 0.1) is 6.20 Å². The van der Waals surface area contributed by atoms with Crippen LogP contribution in [-0.2, 0) is 11.3 Å². The lowest BCUT2D eigenvalue weighted by Crippen LogP contribution is -2.37. The molecular weight excluding hydrogens is 262 g/mol. The Morgan fingerprint density at radius 3 is 2.75 bits per heavy atom. The van der Waals surface area contributed by atoms with Gasteiger partial charge in [-0.05, 0) is 25.9 Å². The van der Waals surface area contributed by atoms with Gasteiger partial charge in [0.2, 0.25) is 0 Å². The lowest BCUT2D eigenvalue weighted by atomic mass is 10.1. The van der Waals surface area contributed by atoms with E-state index in [4.69, 9.17) is 5.11 Å². The Hall–Kier alpha value is -1.96. The molecule has 0 spiro atoms. The molecule has 20 heavy (non-hydrogen) atoms. The van der Waals surface area contributed by atoms with Crippen molar-refractivity contribution in [2.24, 2.45) is 0 Å². The molecule has 0 aromatic carbocycles. The van der Waals surface area contributed by atoms with E-state index in [2.05, 4.69) is 20.5 Å². The van der Waals surface area contributed by atoms with Crippen LogP contribution in [0.4, 0.5) is 0 Å². The van der Waals surface area contributed by atoms with E-state index in [1.807, 2.05) is 0 Å². The van der Waals surface area contributed by atoms with Crippen molar-refractivity contribution in [1.29, 1.82) is 0 Å². The third-order valence-electron chi connectivity index (χ3n) is 3.23. The Balaban J connectivity index is 1.73. The highest BCUT2D eigenvalue weighted by Gasteiger charge is 2.13. The van der Waals surface area contributed by atoms with E-state index in [0.717, 1.165) is 24.3 Å². The van der Waals surface area contributed by atoms with Gasteiger partial charge in [0.15, 0.2) is 5.69 Å². The van der Waals surface area contributed by atoms with Gasteiger partial charge in [-0.1, -0.05) is 11.6 Å². The Labute approximate surface area is 116 Å². The number of nitrogens with one attached hydrogen (secondary N) is 1. The van der Waals surface area contributed by atoms with Crippen molar-refractivity contribution in [3.8, 4) is 0 Å². The Bertz CT molecular complexity index is 467. The summed E-state index contributed by atoms with van der Waals surface area (Å²) in [5.74, 6) is -1.34. The molecule has 1 saturated heterocycles. The van der Waals surface area contributed by atoms with Crippen LogP contribution in [0.15, 0.2) is 6.20 Å². The number of hydrogen-bond donors (Lipinski definition) is 2. The van der Waals surface area contributed by atoms with E-state index in [1.165, 1.54) is 25.5 Å². The zero-order valence-corrected chi connectivity index (χ0v) is 11.3. The van der Waals surface area contributed by atoms with Crippen LogP contribution in [0.25, 0.3) is 0 Å². The normalized spacial score (nSPS) is 16.0. The first-order valence-corrected chi connectivity index (χ1v) is 6.77. The molecule has 0 unspecified atom stereocenters. The van der Waals surface area contributed by atoms with Crippen molar-refractivity contribution < 1.29 is 14.7 Å². The second kappa shape index (κ2) is 6.99. The lowest BCUT2D eigenvalue weighted by molar-refractivity contribution is -0.137. The molecule has 2 N–H and O–H groups in total. The number of nitrogens with zero attached hydrogens (tertiary/aromatic N) is 4. The molecule has 1 aromatic heterocycles. The smallest absolute Gasteiger partial charge is 0.325 e. The predicted octanol–water partition coefficient (Wildman–Crippen LogP) is -0.422. The van der Waals surface area contributed by atoms with Crippen LogP contribution in [0.3, 0.4) is 0 Å². The van der Waals surface area contributed by atoms with Gasteiger partial charge < -0.3 is 15.3 Å². The second-order valence-corrected chi connectivity index (χ2v) is 4.85. The number of carboxylic acids is 1. The summed E-state index contributed by atoms with van der Waals surface area (Å²) in [7, 11) is 0. The average Bonchev–Trinajstić information content (AvgIpc) is 2.87. The van der Waals surface area contributed by atoms with Crippen molar-refractivity contribution in [1.82, 2.24) is 25.2 Å². The third kappa shape index (κ3) is 4.30. The van der Waals surface area contributed by atoms with Gasteiger partial charge >= 0.3 is 5.97 Å². The monoisotopic (exact) mass is 281 g/mol. The third-order valence-corrected chi connectivity index (χ3v) is 3.23.